The van der Waals surface area contributed by atoms with Crippen LogP contribution in [0.25, 0.3) is 0 Å². The lowest BCUT2D eigenvalue weighted by atomic mass is 9.74. The number of piperidine rings is 1. The standard InChI is InChI=1S/C20H20FNO2/c21-18-13-15(23)5-6-16(18)19(24)22-11-9-20(10-12-22)8-7-14-3-1-2-4-17(14)20/h1-6,13,23H,7-12H2. The summed E-state index contributed by atoms with van der Waals surface area (Å²) in [5.41, 5.74) is 3.09. The number of benzene rings is 2. The van der Waals surface area contributed by atoms with Crippen molar-refractivity contribution in [3.8, 4) is 5.75 Å². The van der Waals surface area contributed by atoms with Gasteiger partial charge in [-0.3, -0.25) is 4.79 Å². The van der Waals surface area contributed by atoms with E-state index in [-0.39, 0.29) is 22.6 Å². The summed E-state index contributed by atoms with van der Waals surface area (Å²) in [6.07, 6.45) is 4.10. The van der Waals surface area contributed by atoms with E-state index in [1.165, 1.54) is 23.3 Å². The van der Waals surface area contributed by atoms with Crippen LogP contribution in [0.5, 0.6) is 5.75 Å². The van der Waals surface area contributed by atoms with Gasteiger partial charge in [0.25, 0.3) is 5.91 Å². The molecular weight excluding hydrogens is 305 g/mol. The average molecular weight is 325 g/mol. The molecule has 124 valence electrons. The minimum atomic E-state index is -0.661. The van der Waals surface area contributed by atoms with Crippen LogP contribution in [0.1, 0.15) is 40.7 Å². The molecule has 1 fully saturated rings. The quantitative estimate of drug-likeness (QED) is 0.869. The fourth-order valence-electron chi connectivity index (χ4n) is 4.27. The normalized spacial score (nSPS) is 18.6. The van der Waals surface area contributed by atoms with Crippen LogP contribution in [0.2, 0.25) is 0 Å². The van der Waals surface area contributed by atoms with Crippen molar-refractivity contribution in [3.63, 3.8) is 0 Å². The third-order valence-electron chi connectivity index (χ3n) is 5.65. The van der Waals surface area contributed by atoms with Crippen molar-refractivity contribution >= 4 is 5.91 Å². The number of aryl methyl sites for hydroxylation is 1. The third kappa shape index (κ3) is 2.37. The predicted octanol–water partition coefficient (Wildman–Crippen LogP) is 3.65. The molecule has 0 saturated carbocycles. The van der Waals surface area contributed by atoms with Crippen LogP contribution in [-0.2, 0) is 11.8 Å². The summed E-state index contributed by atoms with van der Waals surface area (Å²) in [6.45, 7) is 1.29. The van der Waals surface area contributed by atoms with Gasteiger partial charge in [-0.05, 0) is 54.4 Å². The fourth-order valence-corrected chi connectivity index (χ4v) is 4.27. The Morgan fingerprint density at radius 1 is 1.08 bits per heavy atom. The number of hydrogen-bond donors (Lipinski definition) is 1. The molecule has 1 heterocycles. The highest BCUT2D eigenvalue weighted by molar-refractivity contribution is 5.94. The van der Waals surface area contributed by atoms with E-state index in [9.17, 15) is 14.3 Å². The Balaban J connectivity index is 1.52. The summed E-state index contributed by atoms with van der Waals surface area (Å²) >= 11 is 0. The van der Waals surface area contributed by atoms with Crippen LogP contribution in [-0.4, -0.2) is 29.0 Å². The van der Waals surface area contributed by atoms with E-state index in [4.69, 9.17) is 0 Å². The minimum absolute atomic E-state index is 0.0376. The lowest BCUT2D eigenvalue weighted by Crippen LogP contribution is -2.44. The number of phenolic OH excluding ortho intramolecular Hbond substituents is 1. The maximum Gasteiger partial charge on any atom is 0.256 e. The van der Waals surface area contributed by atoms with Crippen molar-refractivity contribution in [3.05, 3.63) is 65.0 Å². The minimum Gasteiger partial charge on any atom is -0.508 e. The van der Waals surface area contributed by atoms with E-state index >= 15 is 0 Å². The van der Waals surface area contributed by atoms with Gasteiger partial charge in [0.05, 0.1) is 5.56 Å². The Morgan fingerprint density at radius 3 is 2.58 bits per heavy atom. The van der Waals surface area contributed by atoms with Crippen molar-refractivity contribution in [1.29, 1.82) is 0 Å². The molecule has 2 aromatic rings. The number of carbonyl (C=O) groups excluding carboxylic acids is 1. The van der Waals surface area contributed by atoms with E-state index in [0.717, 1.165) is 31.7 Å². The smallest absolute Gasteiger partial charge is 0.256 e. The van der Waals surface area contributed by atoms with Crippen LogP contribution < -0.4 is 0 Å². The first-order valence-electron chi connectivity index (χ1n) is 8.45. The largest absolute Gasteiger partial charge is 0.508 e. The van der Waals surface area contributed by atoms with Crippen molar-refractivity contribution in [2.45, 2.75) is 31.1 Å². The monoisotopic (exact) mass is 325 g/mol. The Hall–Kier alpha value is -2.36. The maximum atomic E-state index is 13.9. The first-order chi connectivity index (χ1) is 11.6. The van der Waals surface area contributed by atoms with Gasteiger partial charge in [0.1, 0.15) is 11.6 Å². The molecule has 2 aromatic carbocycles. The molecule has 2 aliphatic rings. The molecule has 0 unspecified atom stereocenters. The summed E-state index contributed by atoms with van der Waals surface area (Å²) in [7, 11) is 0. The lowest BCUT2D eigenvalue weighted by Gasteiger charge is -2.40. The second-order valence-corrected chi connectivity index (χ2v) is 6.89. The van der Waals surface area contributed by atoms with Crippen molar-refractivity contribution in [2.24, 2.45) is 0 Å². The van der Waals surface area contributed by atoms with Gasteiger partial charge >= 0.3 is 0 Å². The molecule has 0 atom stereocenters. The third-order valence-corrected chi connectivity index (χ3v) is 5.65. The first kappa shape index (κ1) is 15.2. The molecule has 0 bridgehead atoms. The van der Waals surface area contributed by atoms with Gasteiger partial charge < -0.3 is 10.0 Å². The highest BCUT2D eigenvalue weighted by Crippen LogP contribution is 2.46. The molecular formula is C20H20FNO2. The number of hydrogen-bond acceptors (Lipinski definition) is 2. The zero-order chi connectivity index (χ0) is 16.7. The summed E-state index contributed by atoms with van der Waals surface area (Å²) < 4.78 is 13.9. The van der Waals surface area contributed by atoms with Crippen molar-refractivity contribution in [1.82, 2.24) is 4.90 Å². The summed E-state index contributed by atoms with van der Waals surface area (Å²) in [6, 6.07) is 12.3. The van der Waals surface area contributed by atoms with E-state index in [1.807, 2.05) is 0 Å². The number of fused-ring (bicyclic) bond motifs is 2. The van der Waals surface area contributed by atoms with Gasteiger partial charge in [0.2, 0.25) is 0 Å². The van der Waals surface area contributed by atoms with E-state index in [0.29, 0.717) is 13.1 Å². The number of aromatic hydroxyl groups is 1. The van der Waals surface area contributed by atoms with Gasteiger partial charge in [-0.2, -0.15) is 0 Å². The molecule has 1 aliphatic heterocycles. The first-order valence-corrected chi connectivity index (χ1v) is 8.45. The van der Waals surface area contributed by atoms with E-state index < -0.39 is 5.82 Å². The number of amides is 1. The van der Waals surface area contributed by atoms with Crippen LogP contribution in [0, 0.1) is 5.82 Å². The van der Waals surface area contributed by atoms with E-state index in [1.54, 1.807) is 4.90 Å². The molecule has 1 amide bonds. The zero-order valence-corrected chi connectivity index (χ0v) is 13.5. The highest BCUT2D eigenvalue weighted by atomic mass is 19.1. The van der Waals surface area contributed by atoms with Gasteiger partial charge in [0, 0.05) is 19.2 Å². The molecule has 1 aliphatic carbocycles. The van der Waals surface area contributed by atoms with Crippen LogP contribution in [0.4, 0.5) is 4.39 Å². The van der Waals surface area contributed by atoms with Crippen molar-refractivity contribution < 1.29 is 14.3 Å². The Kier molecular flexibility index (Phi) is 3.56. The average Bonchev–Trinajstić information content (AvgIpc) is 2.94. The summed E-state index contributed by atoms with van der Waals surface area (Å²) in [5, 5.41) is 9.30. The number of halogens is 1. The molecule has 3 nitrogen and oxygen atoms in total. The molecule has 1 spiro atoms. The Labute approximate surface area is 140 Å². The zero-order valence-electron chi connectivity index (χ0n) is 13.5. The second kappa shape index (κ2) is 5.62. The molecule has 24 heavy (non-hydrogen) atoms. The van der Waals surface area contributed by atoms with Gasteiger partial charge in [-0.1, -0.05) is 24.3 Å². The van der Waals surface area contributed by atoms with Crippen LogP contribution in [0.3, 0.4) is 0 Å². The Morgan fingerprint density at radius 2 is 1.83 bits per heavy atom. The predicted molar refractivity (Wildman–Crippen MR) is 89.6 cm³/mol. The number of likely N-dealkylation sites (tertiary alicyclic amines) is 1. The molecule has 4 heteroatoms. The molecule has 4 rings (SSSR count). The summed E-state index contributed by atoms with van der Waals surface area (Å²) in [5.74, 6) is -1.11. The lowest BCUT2D eigenvalue weighted by molar-refractivity contribution is 0.0661. The topological polar surface area (TPSA) is 40.5 Å². The SMILES string of the molecule is O=C(c1ccc(O)cc1F)N1CCC2(CCc3ccccc32)CC1. The van der Waals surface area contributed by atoms with Gasteiger partial charge in [-0.25, -0.2) is 4.39 Å². The molecule has 0 radical (unpaired) electrons. The fraction of sp³-hybridized carbons (Fsp3) is 0.350. The van der Waals surface area contributed by atoms with Crippen molar-refractivity contribution in [2.75, 3.05) is 13.1 Å². The summed E-state index contributed by atoms with van der Waals surface area (Å²) in [4.78, 5) is 14.3. The number of phenols is 1. The number of nitrogens with zero attached hydrogens (tertiary/aromatic N) is 1. The molecule has 0 aromatic heterocycles. The van der Waals surface area contributed by atoms with Gasteiger partial charge in [-0.15, -0.1) is 0 Å². The van der Waals surface area contributed by atoms with E-state index in [2.05, 4.69) is 24.3 Å². The second-order valence-electron chi connectivity index (χ2n) is 6.89. The molecule has 1 N–H and O–H groups in total. The number of carbonyl (C=O) groups is 1. The Bertz CT molecular complexity index is 794. The molecule has 1 saturated heterocycles. The van der Waals surface area contributed by atoms with Gasteiger partial charge in [0.15, 0.2) is 0 Å². The highest BCUT2D eigenvalue weighted by Gasteiger charge is 2.41. The maximum absolute atomic E-state index is 13.9. The number of rotatable bonds is 1. The van der Waals surface area contributed by atoms with Crippen LogP contribution in [0.15, 0.2) is 42.5 Å². The van der Waals surface area contributed by atoms with Crippen LogP contribution >= 0.6 is 0 Å².